The van der Waals surface area contributed by atoms with E-state index in [0.29, 0.717) is 0 Å². The SMILES string of the molecule is Cc1ccc(F)cc1C(C#N)N1CCCCC1. The quantitative estimate of drug-likeness (QED) is 0.783. The minimum Gasteiger partial charge on any atom is -0.284 e. The second-order valence-corrected chi connectivity index (χ2v) is 4.63. The number of hydrogen-bond acceptors (Lipinski definition) is 2. The molecule has 0 N–H and O–H groups in total. The van der Waals surface area contributed by atoms with Crippen molar-refractivity contribution in [1.29, 1.82) is 5.26 Å². The van der Waals surface area contributed by atoms with Crippen LogP contribution in [0.2, 0.25) is 0 Å². The summed E-state index contributed by atoms with van der Waals surface area (Å²) in [6.45, 7) is 3.81. The third-order valence-electron chi connectivity index (χ3n) is 3.41. The van der Waals surface area contributed by atoms with Gasteiger partial charge >= 0.3 is 0 Å². The summed E-state index contributed by atoms with van der Waals surface area (Å²) in [5.41, 5.74) is 1.80. The lowest BCUT2D eigenvalue weighted by Crippen LogP contribution is -2.33. The number of nitriles is 1. The van der Waals surface area contributed by atoms with Crippen LogP contribution < -0.4 is 0 Å². The lowest BCUT2D eigenvalue weighted by Gasteiger charge is -2.31. The summed E-state index contributed by atoms with van der Waals surface area (Å²) in [6, 6.07) is 6.71. The molecular weight excluding hydrogens is 215 g/mol. The highest BCUT2D eigenvalue weighted by Crippen LogP contribution is 2.26. The van der Waals surface area contributed by atoms with Gasteiger partial charge in [-0.3, -0.25) is 4.90 Å². The van der Waals surface area contributed by atoms with Crippen molar-refractivity contribution in [3.63, 3.8) is 0 Å². The molecule has 0 spiro atoms. The topological polar surface area (TPSA) is 27.0 Å². The van der Waals surface area contributed by atoms with E-state index in [9.17, 15) is 9.65 Å². The number of rotatable bonds is 2. The first-order valence-corrected chi connectivity index (χ1v) is 6.12. The Labute approximate surface area is 102 Å². The van der Waals surface area contributed by atoms with Gasteiger partial charge in [-0.2, -0.15) is 5.26 Å². The third kappa shape index (κ3) is 2.65. The van der Waals surface area contributed by atoms with Gasteiger partial charge in [-0.15, -0.1) is 0 Å². The molecule has 2 nitrogen and oxygen atoms in total. The van der Waals surface area contributed by atoms with E-state index in [4.69, 9.17) is 0 Å². The number of halogens is 1. The summed E-state index contributed by atoms with van der Waals surface area (Å²) in [5.74, 6) is -0.261. The van der Waals surface area contributed by atoms with E-state index < -0.39 is 0 Å². The molecule has 3 heteroatoms. The van der Waals surface area contributed by atoms with Gasteiger partial charge in [-0.05, 0) is 56.1 Å². The summed E-state index contributed by atoms with van der Waals surface area (Å²) in [7, 11) is 0. The van der Waals surface area contributed by atoms with Gasteiger partial charge in [0.05, 0.1) is 6.07 Å². The zero-order valence-electron chi connectivity index (χ0n) is 10.1. The minimum absolute atomic E-state index is 0.261. The number of aryl methyl sites for hydroxylation is 1. The van der Waals surface area contributed by atoms with Crippen molar-refractivity contribution in [2.75, 3.05) is 13.1 Å². The molecule has 0 radical (unpaired) electrons. The predicted molar refractivity (Wildman–Crippen MR) is 64.9 cm³/mol. The fraction of sp³-hybridized carbons (Fsp3) is 0.500. The van der Waals surface area contributed by atoms with Crippen molar-refractivity contribution in [1.82, 2.24) is 4.90 Å². The largest absolute Gasteiger partial charge is 0.284 e. The summed E-state index contributed by atoms with van der Waals surface area (Å²) in [5, 5.41) is 9.33. The highest BCUT2D eigenvalue weighted by atomic mass is 19.1. The monoisotopic (exact) mass is 232 g/mol. The van der Waals surface area contributed by atoms with Gasteiger partial charge in [0.1, 0.15) is 11.9 Å². The van der Waals surface area contributed by atoms with E-state index in [1.165, 1.54) is 18.6 Å². The number of piperidine rings is 1. The molecule has 0 saturated carbocycles. The van der Waals surface area contributed by atoms with Crippen LogP contribution in [0, 0.1) is 24.1 Å². The molecule has 17 heavy (non-hydrogen) atoms. The van der Waals surface area contributed by atoms with E-state index in [0.717, 1.165) is 37.1 Å². The van der Waals surface area contributed by atoms with Crippen molar-refractivity contribution in [3.8, 4) is 6.07 Å². The van der Waals surface area contributed by atoms with E-state index in [-0.39, 0.29) is 11.9 Å². The Bertz CT molecular complexity index is 430. The predicted octanol–water partition coefficient (Wildman–Crippen LogP) is 3.18. The second kappa shape index (κ2) is 5.29. The molecule has 90 valence electrons. The highest BCUT2D eigenvalue weighted by molar-refractivity contribution is 5.33. The number of nitrogens with zero attached hydrogens (tertiary/aromatic N) is 2. The number of benzene rings is 1. The molecule has 1 heterocycles. The van der Waals surface area contributed by atoms with Gasteiger partial charge in [0.25, 0.3) is 0 Å². The highest BCUT2D eigenvalue weighted by Gasteiger charge is 2.23. The van der Waals surface area contributed by atoms with Crippen LogP contribution >= 0.6 is 0 Å². The molecule has 1 aromatic rings. The average molecular weight is 232 g/mol. The van der Waals surface area contributed by atoms with Gasteiger partial charge in [-0.1, -0.05) is 12.5 Å². The van der Waals surface area contributed by atoms with Crippen LogP contribution in [0.15, 0.2) is 18.2 Å². The van der Waals surface area contributed by atoms with Crippen LogP contribution in [0.1, 0.15) is 36.4 Å². The number of likely N-dealkylation sites (tertiary alicyclic amines) is 1. The Hall–Kier alpha value is -1.40. The van der Waals surface area contributed by atoms with E-state index in [1.807, 2.05) is 6.92 Å². The van der Waals surface area contributed by atoms with Gasteiger partial charge in [0.2, 0.25) is 0 Å². The average Bonchev–Trinajstić information content (AvgIpc) is 2.36. The van der Waals surface area contributed by atoms with E-state index in [2.05, 4.69) is 11.0 Å². The van der Waals surface area contributed by atoms with Crippen LogP contribution in [-0.2, 0) is 0 Å². The maximum Gasteiger partial charge on any atom is 0.124 e. The lowest BCUT2D eigenvalue weighted by atomic mass is 9.98. The Balaban J connectivity index is 2.28. The first-order chi connectivity index (χ1) is 8.22. The van der Waals surface area contributed by atoms with Gasteiger partial charge in [0.15, 0.2) is 0 Å². The van der Waals surface area contributed by atoms with Gasteiger partial charge in [0, 0.05) is 0 Å². The number of hydrogen-bond donors (Lipinski definition) is 0. The molecule has 1 unspecified atom stereocenters. The van der Waals surface area contributed by atoms with Crippen LogP contribution in [0.25, 0.3) is 0 Å². The zero-order valence-corrected chi connectivity index (χ0v) is 10.1. The molecule has 1 aliphatic rings. The molecule has 1 fully saturated rings. The fourth-order valence-corrected chi connectivity index (χ4v) is 2.43. The van der Waals surface area contributed by atoms with Gasteiger partial charge in [-0.25, -0.2) is 4.39 Å². The summed E-state index contributed by atoms with van der Waals surface area (Å²) in [6.07, 6.45) is 3.50. The third-order valence-corrected chi connectivity index (χ3v) is 3.41. The van der Waals surface area contributed by atoms with Crippen LogP contribution in [0.5, 0.6) is 0 Å². The molecule has 0 aliphatic carbocycles. The van der Waals surface area contributed by atoms with E-state index >= 15 is 0 Å². The van der Waals surface area contributed by atoms with Crippen molar-refractivity contribution in [2.45, 2.75) is 32.2 Å². The molecule has 0 amide bonds. The zero-order chi connectivity index (χ0) is 12.3. The molecule has 0 bridgehead atoms. The molecule has 1 saturated heterocycles. The van der Waals surface area contributed by atoms with E-state index in [1.54, 1.807) is 6.07 Å². The molecule has 0 aromatic heterocycles. The first kappa shape index (κ1) is 12.1. The standard InChI is InChI=1S/C14H17FN2/c1-11-5-6-12(15)9-13(11)14(10-16)17-7-3-2-4-8-17/h5-6,9,14H,2-4,7-8H2,1H3. The molecule has 2 rings (SSSR count). The Morgan fingerprint density at radius 2 is 2.00 bits per heavy atom. The maximum absolute atomic E-state index is 13.3. The van der Waals surface area contributed by atoms with Crippen LogP contribution in [-0.4, -0.2) is 18.0 Å². The first-order valence-electron chi connectivity index (χ1n) is 6.12. The molecule has 1 atom stereocenters. The fourth-order valence-electron chi connectivity index (χ4n) is 2.43. The normalized spacial score (nSPS) is 18.6. The lowest BCUT2D eigenvalue weighted by molar-refractivity contribution is 0.195. The van der Waals surface area contributed by atoms with Gasteiger partial charge < -0.3 is 0 Å². The van der Waals surface area contributed by atoms with Crippen LogP contribution in [0.3, 0.4) is 0 Å². The smallest absolute Gasteiger partial charge is 0.124 e. The van der Waals surface area contributed by atoms with Crippen molar-refractivity contribution in [3.05, 3.63) is 35.1 Å². The summed E-state index contributed by atoms with van der Waals surface area (Å²) >= 11 is 0. The Morgan fingerprint density at radius 1 is 1.29 bits per heavy atom. The molecule has 1 aromatic carbocycles. The summed E-state index contributed by atoms with van der Waals surface area (Å²) in [4.78, 5) is 2.16. The summed E-state index contributed by atoms with van der Waals surface area (Å²) < 4.78 is 13.3. The minimum atomic E-state index is -0.300. The Morgan fingerprint density at radius 3 is 2.65 bits per heavy atom. The molecular formula is C14H17FN2. The van der Waals surface area contributed by atoms with Crippen molar-refractivity contribution < 1.29 is 4.39 Å². The molecule has 1 aliphatic heterocycles. The van der Waals surface area contributed by atoms with Crippen molar-refractivity contribution in [2.24, 2.45) is 0 Å². The maximum atomic E-state index is 13.3. The van der Waals surface area contributed by atoms with Crippen LogP contribution in [0.4, 0.5) is 4.39 Å². The Kier molecular flexibility index (Phi) is 3.75. The van der Waals surface area contributed by atoms with Crippen molar-refractivity contribution >= 4 is 0 Å². The second-order valence-electron chi connectivity index (χ2n) is 4.63.